The summed E-state index contributed by atoms with van der Waals surface area (Å²) < 4.78 is 6.61. The second-order valence-corrected chi connectivity index (χ2v) is 7.78. The van der Waals surface area contributed by atoms with E-state index in [0.29, 0.717) is 6.54 Å². The first-order chi connectivity index (χ1) is 11.3. The minimum atomic E-state index is -0.526. The summed E-state index contributed by atoms with van der Waals surface area (Å²) in [5, 5.41) is 3.52. The Kier molecular flexibility index (Phi) is 4.54. The maximum atomic E-state index is 12.7. The molecular formula is C19H21BrN2O2. The first-order valence-electron chi connectivity index (χ1n) is 7.95. The fraction of sp³-hybridized carbons (Fsp3) is 0.316. The lowest BCUT2D eigenvalue weighted by Gasteiger charge is -2.36. The van der Waals surface area contributed by atoms with E-state index in [-0.39, 0.29) is 12.1 Å². The van der Waals surface area contributed by atoms with Gasteiger partial charge in [0, 0.05) is 4.47 Å². The number of amides is 1. The summed E-state index contributed by atoms with van der Waals surface area (Å²) in [7, 11) is 0. The van der Waals surface area contributed by atoms with Crippen LogP contribution in [-0.4, -0.2) is 18.2 Å². The molecule has 3 rings (SSSR count). The van der Waals surface area contributed by atoms with Crippen LogP contribution in [-0.2, 0) is 4.74 Å². The second-order valence-electron chi connectivity index (χ2n) is 6.86. The molecule has 1 heterocycles. The minimum absolute atomic E-state index is 0.00455. The van der Waals surface area contributed by atoms with Crippen molar-refractivity contribution in [3.63, 3.8) is 0 Å². The van der Waals surface area contributed by atoms with Gasteiger partial charge in [0.1, 0.15) is 5.60 Å². The third-order valence-electron chi connectivity index (χ3n) is 3.75. The maximum Gasteiger partial charge on any atom is 0.414 e. The molecule has 0 fully saturated rings. The van der Waals surface area contributed by atoms with Gasteiger partial charge in [-0.3, -0.25) is 4.90 Å². The third kappa shape index (κ3) is 3.73. The number of hydrogen-bond acceptors (Lipinski definition) is 3. The Hall–Kier alpha value is -2.01. The van der Waals surface area contributed by atoms with Crippen molar-refractivity contribution < 1.29 is 9.53 Å². The van der Waals surface area contributed by atoms with Crippen molar-refractivity contribution >= 4 is 33.4 Å². The molecule has 0 aliphatic carbocycles. The van der Waals surface area contributed by atoms with E-state index in [1.807, 2.05) is 57.2 Å². The van der Waals surface area contributed by atoms with E-state index in [0.717, 1.165) is 21.4 Å². The molecule has 2 aromatic rings. The quantitative estimate of drug-likeness (QED) is 0.714. The number of carbonyl (C=O) groups excluding carboxylic acids is 1. The molecule has 5 heteroatoms. The number of nitrogens with zero attached hydrogens (tertiary/aromatic N) is 1. The number of ether oxygens (including phenoxy) is 1. The predicted octanol–water partition coefficient (Wildman–Crippen LogP) is 5.36. The molecule has 1 aliphatic heterocycles. The van der Waals surface area contributed by atoms with Gasteiger partial charge in [0.25, 0.3) is 0 Å². The molecule has 1 atom stereocenters. The molecule has 1 aliphatic rings. The van der Waals surface area contributed by atoms with Crippen LogP contribution < -0.4 is 10.2 Å². The van der Waals surface area contributed by atoms with Crippen molar-refractivity contribution in [1.29, 1.82) is 0 Å². The van der Waals surface area contributed by atoms with Crippen LogP contribution in [0.1, 0.15) is 32.4 Å². The Bertz CT molecular complexity index is 755. The van der Waals surface area contributed by atoms with E-state index in [2.05, 4.69) is 33.4 Å². The lowest BCUT2D eigenvalue weighted by atomic mass is 10.0. The number of rotatable bonds is 1. The van der Waals surface area contributed by atoms with E-state index in [1.165, 1.54) is 0 Å². The fourth-order valence-electron chi connectivity index (χ4n) is 2.75. The van der Waals surface area contributed by atoms with E-state index in [4.69, 9.17) is 4.74 Å². The zero-order valence-corrected chi connectivity index (χ0v) is 15.6. The van der Waals surface area contributed by atoms with E-state index < -0.39 is 5.60 Å². The van der Waals surface area contributed by atoms with Gasteiger partial charge in [-0.2, -0.15) is 0 Å². The normalized spacial score (nSPS) is 17.0. The number of anilines is 2. The molecule has 0 unspecified atom stereocenters. The Morgan fingerprint density at radius 2 is 1.96 bits per heavy atom. The summed E-state index contributed by atoms with van der Waals surface area (Å²) in [6.45, 7) is 6.16. The SMILES string of the molecule is CC(C)(C)OC(=O)N1C[C@@H](c2cccc(Br)c2)Nc2ccccc21. The average molecular weight is 389 g/mol. The lowest BCUT2D eigenvalue weighted by Crippen LogP contribution is -2.43. The van der Waals surface area contributed by atoms with Crippen LogP contribution in [0.5, 0.6) is 0 Å². The Morgan fingerprint density at radius 3 is 2.67 bits per heavy atom. The highest BCUT2D eigenvalue weighted by molar-refractivity contribution is 9.10. The van der Waals surface area contributed by atoms with E-state index >= 15 is 0 Å². The fourth-order valence-corrected chi connectivity index (χ4v) is 3.16. The van der Waals surface area contributed by atoms with Crippen LogP contribution in [0.25, 0.3) is 0 Å². The third-order valence-corrected chi connectivity index (χ3v) is 4.25. The molecule has 0 spiro atoms. The predicted molar refractivity (Wildman–Crippen MR) is 101 cm³/mol. The molecule has 1 amide bonds. The highest BCUT2D eigenvalue weighted by atomic mass is 79.9. The van der Waals surface area contributed by atoms with Crippen molar-refractivity contribution in [2.45, 2.75) is 32.4 Å². The van der Waals surface area contributed by atoms with Crippen LogP contribution in [0.4, 0.5) is 16.2 Å². The number of hydrogen-bond donors (Lipinski definition) is 1. The highest BCUT2D eigenvalue weighted by Gasteiger charge is 2.31. The van der Waals surface area contributed by atoms with Gasteiger partial charge in [-0.1, -0.05) is 40.2 Å². The topological polar surface area (TPSA) is 41.6 Å². The summed E-state index contributed by atoms with van der Waals surface area (Å²) in [6.07, 6.45) is -0.323. The van der Waals surface area contributed by atoms with Gasteiger partial charge in [0.2, 0.25) is 0 Å². The second kappa shape index (κ2) is 6.48. The first-order valence-corrected chi connectivity index (χ1v) is 8.74. The number of fused-ring (bicyclic) bond motifs is 1. The van der Waals surface area contributed by atoms with Crippen molar-refractivity contribution in [3.05, 3.63) is 58.6 Å². The van der Waals surface area contributed by atoms with Gasteiger partial charge >= 0.3 is 6.09 Å². The Labute approximate surface area is 150 Å². The summed E-state index contributed by atoms with van der Waals surface area (Å²) in [4.78, 5) is 14.4. The molecule has 2 aromatic carbocycles. The van der Waals surface area contributed by atoms with Crippen LogP contribution in [0, 0.1) is 0 Å². The number of carbonyl (C=O) groups is 1. The molecular weight excluding hydrogens is 368 g/mol. The molecule has 0 bridgehead atoms. The molecule has 4 nitrogen and oxygen atoms in total. The molecule has 24 heavy (non-hydrogen) atoms. The number of nitrogens with one attached hydrogen (secondary N) is 1. The molecule has 1 N–H and O–H groups in total. The maximum absolute atomic E-state index is 12.7. The highest BCUT2D eigenvalue weighted by Crippen LogP contribution is 2.36. The monoisotopic (exact) mass is 388 g/mol. The minimum Gasteiger partial charge on any atom is -0.443 e. The Balaban J connectivity index is 1.94. The molecule has 0 aromatic heterocycles. The summed E-state index contributed by atoms with van der Waals surface area (Å²) in [6, 6.07) is 15.9. The van der Waals surface area contributed by atoms with E-state index in [1.54, 1.807) is 4.90 Å². The van der Waals surface area contributed by atoms with Gasteiger partial charge in [0.05, 0.1) is 24.0 Å². The van der Waals surface area contributed by atoms with Crippen molar-refractivity contribution in [2.75, 3.05) is 16.8 Å². The molecule has 0 saturated carbocycles. The van der Waals surface area contributed by atoms with Crippen molar-refractivity contribution in [3.8, 4) is 0 Å². The summed E-state index contributed by atoms with van der Waals surface area (Å²) in [5.41, 5.74) is 2.37. The number of halogens is 1. The van der Waals surface area contributed by atoms with E-state index in [9.17, 15) is 4.79 Å². The Morgan fingerprint density at radius 1 is 1.21 bits per heavy atom. The van der Waals surface area contributed by atoms with Gasteiger partial charge in [0.15, 0.2) is 0 Å². The summed E-state index contributed by atoms with van der Waals surface area (Å²) in [5.74, 6) is 0. The largest absolute Gasteiger partial charge is 0.443 e. The molecule has 0 saturated heterocycles. The first kappa shape index (κ1) is 16.8. The molecule has 0 radical (unpaired) electrons. The lowest BCUT2D eigenvalue weighted by molar-refractivity contribution is 0.0577. The van der Waals surface area contributed by atoms with Gasteiger partial charge in [-0.15, -0.1) is 0 Å². The van der Waals surface area contributed by atoms with Crippen LogP contribution in [0.2, 0.25) is 0 Å². The van der Waals surface area contributed by atoms with Gasteiger partial charge < -0.3 is 10.1 Å². The van der Waals surface area contributed by atoms with Gasteiger partial charge in [-0.25, -0.2) is 4.79 Å². The van der Waals surface area contributed by atoms with Gasteiger partial charge in [-0.05, 0) is 50.6 Å². The zero-order valence-electron chi connectivity index (χ0n) is 14.0. The van der Waals surface area contributed by atoms with Crippen molar-refractivity contribution in [1.82, 2.24) is 0 Å². The summed E-state index contributed by atoms with van der Waals surface area (Å²) >= 11 is 3.51. The molecule has 126 valence electrons. The average Bonchev–Trinajstić information content (AvgIpc) is 2.52. The zero-order chi connectivity index (χ0) is 17.3. The number of para-hydroxylation sites is 2. The van der Waals surface area contributed by atoms with Crippen LogP contribution >= 0.6 is 15.9 Å². The number of benzene rings is 2. The standard InChI is InChI=1S/C19H21BrN2O2/c1-19(2,3)24-18(23)22-12-16(13-7-6-8-14(20)11-13)21-15-9-4-5-10-17(15)22/h4-11,16,21H,12H2,1-3H3/t16-/m0/s1. The van der Waals surface area contributed by atoms with Crippen LogP contribution in [0.3, 0.4) is 0 Å². The smallest absolute Gasteiger partial charge is 0.414 e. The van der Waals surface area contributed by atoms with Crippen LogP contribution in [0.15, 0.2) is 53.0 Å². The van der Waals surface area contributed by atoms with Crippen molar-refractivity contribution in [2.24, 2.45) is 0 Å².